The first-order valence-corrected chi connectivity index (χ1v) is 7.85. The lowest BCUT2D eigenvalue weighted by atomic mass is 9.93. The Balaban J connectivity index is 1.70. The molecular weight excluding hydrogens is 286 g/mol. The van der Waals surface area contributed by atoms with Crippen LogP contribution in [0.25, 0.3) is 0 Å². The zero-order valence-corrected chi connectivity index (χ0v) is 13.3. The smallest absolute Gasteiger partial charge is 0.264 e. The van der Waals surface area contributed by atoms with Crippen LogP contribution in [0.2, 0.25) is 0 Å². The molecule has 3 rings (SSSR count). The molecule has 0 saturated carbocycles. The summed E-state index contributed by atoms with van der Waals surface area (Å²) in [5.74, 6) is 1.03. The third kappa shape index (κ3) is 2.97. The predicted octanol–water partition coefficient (Wildman–Crippen LogP) is 1.78. The second-order valence-corrected chi connectivity index (χ2v) is 7.22. The molecule has 1 atom stereocenters. The molecule has 112 valence electrons. The molecule has 0 fully saturated rings. The number of aromatic nitrogens is 4. The molecule has 0 aliphatic carbocycles. The van der Waals surface area contributed by atoms with Gasteiger partial charge in [0.15, 0.2) is 0 Å². The van der Waals surface area contributed by atoms with Crippen molar-refractivity contribution in [2.75, 3.05) is 0 Å². The van der Waals surface area contributed by atoms with Gasteiger partial charge in [0.25, 0.3) is 5.91 Å². The standard InChI is InChI=1S/C14H19N5OS/c1-14(2,3)11-8-19-7-9(4-5-12(19)17-11)16-13(20)10-6-15-18-21-10/h6,8-9H,4-5,7H2,1-3H3,(H,16,20)/t9-/m1/s1. The van der Waals surface area contributed by atoms with Gasteiger partial charge in [-0.2, -0.15) is 0 Å². The van der Waals surface area contributed by atoms with E-state index in [0.717, 1.165) is 42.4 Å². The van der Waals surface area contributed by atoms with Crippen LogP contribution in [0.15, 0.2) is 12.4 Å². The number of carbonyl (C=O) groups excluding carboxylic acids is 1. The van der Waals surface area contributed by atoms with E-state index in [1.54, 1.807) is 0 Å². The summed E-state index contributed by atoms with van der Waals surface area (Å²) in [6, 6.07) is 0.133. The van der Waals surface area contributed by atoms with Crippen molar-refractivity contribution in [1.29, 1.82) is 0 Å². The molecule has 2 aromatic heterocycles. The van der Waals surface area contributed by atoms with E-state index in [0.29, 0.717) is 4.88 Å². The Morgan fingerprint density at radius 2 is 2.29 bits per heavy atom. The van der Waals surface area contributed by atoms with Gasteiger partial charge < -0.3 is 9.88 Å². The molecule has 0 spiro atoms. The average Bonchev–Trinajstić information content (AvgIpc) is 3.06. The molecule has 3 heterocycles. The highest BCUT2D eigenvalue weighted by Crippen LogP contribution is 2.24. The van der Waals surface area contributed by atoms with E-state index in [9.17, 15) is 4.79 Å². The summed E-state index contributed by atoms with van der Waals surface area (Å²) in [5.41, 5.74) is 1.16. The minimum atomic E-state index is -0.0883. The molecule has 2 aromatic rings. The van der Waals surface area contributed by atoms with Gasteiger partial charge in [-0.3, -0.25) is 4.79 Å². The summed E-state index contributed by atoms with van der Waals surface area (Å²) in [5, 5.41) is 6.75. The molecule has 0 radical (unpaired) electrons. The largest absolute Gasteiger partial charge is 0.347 e. The maximum absolute atomic E-state index is 12.0. The number of aryl methyl sites for hydroxylation is 1. The van der Waals surface area contributed by atoms with Gasteiger partial charge in [0.05, 0.1) is 11.9 Å². The summed E-state index contributed by atoms with van der Waals surface area (Å²) in [6.07, 6.45) is 5.42. The Hall–Kier alpha value is -1.76. The molecule has 7 heteroatoms. The molecule has 0 saturated heterocycles. The number of amides is 1. The third-order valence-corrected chi connectivity index (χ3v) is 4.34. The normalized spacial score (nSPS) is 18.3. The molecule has 6 nitrogen and oxygen atoms in total. The van der Waals surface area contributed by atoms with Crippen LogP contribution in [0, 0.1) is 0 Å². The van der Waals surface area contributed by atoms with Crippen molar-refractivity contribution in [2.45, 2.75) is 51.6 Å². The highest BCUT2D eigenvalue weighted by Gasteiger charge is 2.25. The van der Waals surface area contributed by atoms with Gasteiger partial charge in [-0.25, -0.2) is 4.98 Å². The van der Waals surface area contributed by atoms with E-state index in [-0.39, 0.29) is 17.4 Å². The van der Waals surface area contributed by atoms with Crippen molar-refractivity contribution in [3.05, 3.63) is 28.8 Å². The number of hydrogen-bond donors (Lipinski definition) is 1. The lowest BCUT2D eigenvalue weighted by molar-refractivity contribution is 0.0931. The number of nitrogens with zero attached hydrogens (tertiary/aromatic N) is 4. The van der Waals surface area contributed by atoms with Gasteiger partial charge in [-0.1, -0.05) is 25.3 Å². The van der Waals surface area contributed by atoms with Gasteiger partial charge in [0, 0.05) is 30.6 Å². The highest BCUT2D eigenvalue weighted by atomic mass is 32.1. The number of carbonyl (C=O) groups is 1. The quantitative estimate of drug-likeness (QED) is 0.918. The number of rotatable bonds is 2. The van der Waals surface area contributed by atoms with Crippen LogP contribution in [0.3, 0.4) is 0 Å². The average molecular weight is 305 g/mol. The van der Waals surface area contributed by atoms with Crippen LogP contribution in [0.5, 0.6) is 0 Å². The van der Waals surface area contributed by atoms with Gasteiger partial charge in [0.1, 0.15) is 10.7 Å². The van der Waals surface area contributed by atoms with Gasteiger partial charge in [0.2, 0.25) is 0 Å². The van der Waals surface area contributed by atoms with Crippen LogP contribution in [0.4, 0.5) is 0 Å². The summed E-state index contributed by atoms with van der Waals surface area (Å²) in [7, 11) is 0. The molecule has 0 unspecified atom stereocenters. The van der Waals surface area contributed by atoms with Crippen LogP contribution in [0.1, 0.15) is 48.4 Å². The van der Waals surface area contributed by atoms with Crippen LogP contribution >= 0.6 is 11.5 Å². The number of imidazole rings is 1. The van der Waals surface area contributed by atoms with Gasteiger partial charge >= 0.3 is 0 Å². The molecule has 0 bridgehead atoms. The fraction of sp³-hybridized carbons (Fsp3) is 0.571. The first-order chi connectivity index (χ1) is 9.93. The maximum atomic E-state index is 12.0. The van der Waals surface area contributed by atoms with Gasteiger partial charge in [-0.05, 0) is 18.0 Å². The fourth-order valence-electron chi connectivity index (χ4n) is 2.45. The van der Waals surface area contributed by atoms with Crippen molar-refractivity contribution in [1.82, 2.24) is 24.5 Å². The van der Waals surface area contributed by atoms with E-state index >= 15 is 0 Å². The third-order valence-electron chi connectivity index (χ3n) is 3.68. The monoisotopic (exact) mass is 305 g/mol. The van der Waals surface area contributed by atoms with Crippen molar-refractivity contribution in [2.24, 2.45) is 0 Å². The highest BCUT2D eigenvalue weighted by molar-refractivity contribution is 7.07. The zero-order valence-electron chi connectivity index (χ0n) is 12.5. The van der Waals surface area contributed by atoms with Gasteiger partial charge in [-0.15, -0.1) is 5.10 Å². The number of nitrogens with one attached hydrogen (secondary N) is 1. The zero-order chi connectivity index (χ0) is 15.0. The van der Waals surface area contributed by atoms with Crippen LogP contribution in [-0.4, -0.2) is 31.1 Å². The molecule has 1 aliphatic rings. The molecule has 1 aliphatic heterocycles. The Labute approximate surface area is 127 Å². The number of fused-ring (bicyclic) bond motifs is 1. The van der Waals surface area contributed by atoms with Crippen molar-refractivity contribution in [3.63, 3.8) is 0 Å². The Kier molecular flexibility index (Phi) is 3.52. The first-order valence-electron chi connectivity index (χ1n) is 7.08. The summed E-state index contributed by atoms with van der Waals surface area (Å²) in [4.78, 5) is 17.3. The Morgan fingerprint density at radius 3 is 2.95 bits per heavy atom. The predicted molar refractivity (Wildman–Crippen MR) is 80.4 cm³/mol. The summed E-state index contributed by atoms with van der Waals surface area (Å²) < 4.78 is 5.88. The lowest BCUT2D eigenvalue weighted by Gasteiger charge is -2.24. The minimum absolute atomic E-state index is 0.0530. The van der Waals surface area contributed by atoms with E-state index in [1.165, 1.54) is 6.20 Å². The Morgan fingerprint density at radius 1 is 1.48 bits per heavy atom. The number of hydrogen-bond acceptors (Lipinski definition) is 5. The first kappa shape index (κ1) is 14.2. The Bertz CT molecular complexity index is 641. The SMILES string of the molecule is CC(C)(C)c1cn2c(n1)CC[C@@H](NC(=O)c1cnns1)C2. The van der Waals surface area contributed by atoms with Crippen LogP contribution < -0.4 is 5.32 Å². The van der Waals surface area contributed by atoms with Crippen molar-refractivity contribution >= 4 is 17.4 Å². The fourth-order valence-corrected chi connectivity index (χ4v) is 2.87. The van der Waals surface area contributed by atoms with Crippen molar-refractivity contribution in [3.8, 4) is 0 Å². The second kappa shape index (κ2) is 5.22. The lowest BCUT2D eigenvalue weighted by Crippen LogP contribution is -2.40. The summed E-state index contributed by atoms with van der Waals surface area (Å²) >= 11 is 1.12. The topological polar surface area (TPSA) is 72.7 Å². The molecule has 1 amide bonds. The summed E-state index contributed by atoms with van der Waals surface area (Å²) in [6.45, 7) is 7.27. The van der Waals surface area contributed by atoms with E-state index in [2.05, 4.69) is 46.4 Å². The minimum Gasteiger partial charge on any atom is -0.347 e. The molecule has 0 aromatic carbocycles. The van der Waals surface area contributed by atoms with E-state index in [4.69, 9.17) is 4.98 Å². The second-order valence-electron chi connectivity index (χ2n) is 6.44. The van der Waals surface area contributed by atoms with Crippen LogP contribution in [-0.2, 0) is 18.4 Å². The molecular formula is C14H19N5OS. The maximum Gasteiger partial charge on any atom is 0.264 e. The van der Waals surface area contributed by atoms with Crippen molar-refractivity contribution < 1.29 is 4.79 Å². The molecule has 21 heavy (non-hydrogen) atoms. The molecule has 1 N–H and O–H groups in total. The van der Waals surface area contributed by atoms with E-state index < -0.39 is 0 Å². The van der Waals surface area contributed by atoms with E-state index in [1.807, 2.05) is 0 Å².